The van der Waals surface area contributed by atoms with Crippen molar-refractivity contribution >= 4 is 23.5 Å². The van der Waals surface area contributed by atoms with Gasteiger partial charge in [-0.1, -0.05) is 25.5 Å². The van der Waals surface area contributed by atoms with Crippen molar-refractivity contribution < 1.29 is 19.1 Å². The van der Waals surface area contributed by atoms with E-state index in [-0.39, 0.29) is 11.8 Å². The number of fused-ring (bicyclic) bond motifs is 1. The van der Waals surface area contributed by atoms with Crippen LogP contribution in [0.25, 0.3) is 0 Å². The van der Waals surface area contributed by atoms with Gasteiger partial charge in [-0.25, -0.2) is 0 Å². The van der Waals surface area contributed by atoms with E-state index in [1.54, 1.807) is 0 Å². The van der Waals surface area contributed by atoms with Crippen molar-refractivity contribution in [2.24, 2.45) is 11.8 Å². The SMILES string of the molecule is CCCC1(C(=O)OC)NC(c2ccc(N(C)C)cc2)C2C(=O)N(C)C(=O)C21. The number of carbonyl (C=O) groups excluding carboxylic acids is 3. The zero-order valence-corrected chi connectivity index (χ0v) is 16.5. The molecule has 1 aromatic carbocycles. The molecule has 4 unspecified atom stereocenters. The number of esters is 1. The lowest BCUT2D eigenvalue weighted by Crippen LogP contribution is -2.56. The lowest BCUT2D eigenvalue weighted by Gasteiger charge is -2.31. The molecule has 0 bridgehead atoms. The number of amides is 2. The number of hydrogen-bond donors (Lipinski definition) is 1. The summed E-state index contributed by atoms with van der Waals surface area (Å²) in [6, 6.07) is 7.40. The average Bonchev–Trinajstić information content (AvgIpc) is 3.12. The summed E-state index contributed by atoms with van der Waals surface area (Å²) < 4.78 is 5.06. The second-order valence-corrected chi connectivity index (χ2v) is 7.56. The van der Waals surface area contributed by atoms with Gasteiger partial charge in [0.25, 0.3) is 0 Å². The van der Waals surface area contributed by atoms with E-state index < -0.39 is 29.4 Å². The van der Waals surface area contributed by atoms with Crippen LogP contribution in [0.1, 0.15) is 31.4 Å². The molecule has 2 fully saturated rings. The van der Waals surface area contributed by atoms with E-state index in [2.05, 4.69) is 5.32 Å². The third-order valence-corrected chi connectivity index (χ3v) is 5.84. The number of rotatable bonds is 5. The Bertz CT molecular complexity index is 761. The quantitative estimate of drug-likeness (QED) is 0.620. The molecule has 0 saturated carbocycles. The molecule has 2 saturated heterocycles. The highest BCUT2D eigenvalue weighted by Gasteiger charge is 2.67. The van der Waals surface area contributed by atoms with E-state index in [0.29, 0.717) is 12.8 Å². The minimum atomic E-state index is -1.18. The number of likely N-dealkylation sites (tertiary alicyclic amines) is 1. The number of carbonyl (C=O) groups is 3. The molecule has 2 aliphatic rings. The molecule has 7 nitrogen and oxygen atoms in total. The molecule has 0 aliphatic carbocycles. The van der Waals surface area contributed by atoms with Crippen LogP contribution in [0.4, 0.5) is 5.69 Å². The van der Waals surface area contributed by atoms with Crippen LogP contribution in [0.2, 0.25) is 0 Å². The van der Waals surface area contributed by atoms with Gasteiger partial charge in [0, 0.05) is 32.9 Å². The number of methoxy groups -OCH3 is 1. The van der Waals surface area contributed by atoms with Crippen molar-refractivity contribution in [1.29, 1.82) is 0 Å². The summed E-state index contributed by atoms with van der Waals surface area (Å²) in [5.74, 6) is -2.41. The normalized spacial score (nSPS) is 29.8. The molecular formula is C20H27N3O4. The summed E-state index contributed by atoms with van der Waals surface area (Å²) >= 11 is 0. The number of nitrogens with zero attached hydrogens (tertiary/aromatic N) is 2. The first kappa shape index (κ1) is 19.4. The summed E-state index contributed by atoms with van der Waals surface area (Å²) in [6.07, 6.45) is 1.11. The smallest absolute Gasteiger partial charge is 0.326 e. The Morgan fingerprint density at radius 2 is 1.85 bits per heavy atom. The Morgan fingerprint density at radius 1 is 1.22 bits per heavy atom. The summed E-state index contributed by atoms with van der Waals surface area (Å²) in [7, 11) is 6.72. The molecule has 7 heteroatoms. The first-order valence-electron chi connectivity index (χ1n) is 9.23. The minimum absolute atomic E-state index is 0.249. The van der Waals surface area contributed by atoms with E-state index >= 15 is 0 Å². The van der Waals surface area contributed by atoms with Crippen molar-refractivity contribution in [1.82, 2.24) is 10.2 Å². The van der Waals surface area contributed by atoms with Crippen LogP contribution in [0, 0.1) is 11.8 Å². The Morgan fingerprint density at radius 3 is 2.37 bits per heavy atom. The molecule has 0 spiro atoms. The van der Waals surface area contributed by atoms with E-state index in [4.69, 9.17) is 4.74 Å². The zero-order chi connectivity index (χ0) is 19.9. The molecule has 3 rings (SSSR count). The summed E-state index contributed by atoms with van der Waals surface area (Å²) in [5.41, 5.74) is 0.734. The first-order chi connectivity index (χ1) is 12.8. The number of imide groups is 1. The number of ether oxygens (including phenoxy) is 1. The number of benzene rings is 1. The molecule has 1 aromatic rings. The minimum Gasteiger partial charge on any atom is -0.468 e. The van der Waals surface area contributed by atoms with Crippen LogP contribution >= 0.6 is 0 Å². The third kappa shape index (κ3) is 2.81. The highest BCUT2D eigenvalue weighted by Crippen LogP contribution is 2.50. The van der Waals surface area contributed by atoms with Gasteiger partial charge in [0.1, 0.15) is 5.54 Å². The van der Waals surface area contributed by atoms with E-state index in [9.17, 15) is 14.4 Å². The van der Waals surface area contributed by atoms with Gasteiger partial charge >= 0.3 is 5.97 Å². The van der Waals surface area contributed by atoms with Gasteiger partial charge < -0.3 is 9.64 Å². The van der Waals surface area contributed by atoms with Gasteiger partial charge in [-0.3, -0.25) is 24.6 Å². The Kier molecular flexibility index (Phi) is 4.99. The largest absolute Gasteiger partial charge is 0.468 e. The fourth-order valence-electron chi connectivity index (χ4n) is 4.51. The Hall–Kier alpha value is -2.41. The number of anilines is 1. The van der Waals surface area contributed by atoms with Gasteiger partial charge in [0.15, 0.2) is 0 Å². The van der Waals surface area contributed by atoms with Gasteiger partial charge in [0.05, 0.1) is 18.9 Å². The molecule has 0 aromatic heterocycles. The van der Waals surface area contributed by atoms with E-state index in [1.165, 1.54) is 14.2 Å². The molecule has 2 aliphatic heterocycles. The zero-order valence-electron chi connectivity index (χ0n) is 16.5. The maximum Gasteiger partial charge on any atom is 0.326 e. The molecule has 146 valence electrons. The summed E-state index contributed by atoms with van der Waals surface area (Å²) in [4.78, 5) is 41.7. The molecule has 0 radical (unpaired) electrons. The Labute approximate surface area is 159 Å². The summed E-state index contributed by atoms with van der Waals surface area (Å²) in [5, 5.41) is 3.35. The van der Waals surface area contributed by atoms with Crippen LogP contribution < -0.4 is 10.2 Å². The monoisotopic (exact) mass is 373 g/mol. The lowest BCUT2D eigenvalue weighted by atomic mass is 9.77. The molecule has 27 heavy (non-hydrogen) atoms. The maximum absolute atomic E-state index is 12.9. The van der Waals surface area contributed by atoms with Gasteiger partial charge in [-0.05, 0) is 24.1 Å². The third-order valence-electron chi connectivity index (χ3n) is 5.84. The van der Waals surface area contributed by atoms with Gasteiger partial charge in [-0.15, -0.1) is 0 Å². The van der Waals surface area contributed by atoms with Crippen LogP contribution in [-0.4, -0.2) is 56.5 Å². The lowest BCUT2D eigenvalue weighted by molar-refractivity contribution is -0.154. The van der Waals surface area contributed by atoms with Crippen molar-refractivity contribution in [2.75, 3.05) is 33.2 Å². The predicted molar refractivity (Wildman–Crippen MR) is 101 cm³/mol. The topological polar surface area (TPSA) is 79.0 Å². The van der Waals surface area contributed by atoms with Crippen molar-refractivity contribution in [2.45, 2.75) is 31.3 Å². The second kappa shape index (κ2) is 6.96. The fourth-order valence-corrected chi connectivity index (χ4v) is 4.51. The van der Waals surface area contributed by atoms with E-state index in [1.807, 2.05) is 50.2 Å². The van der Waals surface area contributed by atoms with Crippen LogP contribution in [0.3, 0.4) is 0 Å². The first-order valence-corrected chi connectivity index (χ1v) is 9.23. The molecule has 2 heterocycles. The summed E-state index contributed by atoms with van der Waals surface area (Å²) in [6.45, 7) is 1.95. The predicted octanol–water partition coefficient (Wildman–Crippen LogP) is 1.34. The molecule has 4 atom stereocenters. The standard InChI is InChI=1S/C20H27N3O4/c1-6-11-20(19(26)27-5)15-14(17(24)23(4)18(15)25)16(21-20)12-7-9-13(10-8-12)22(2)3/h7-10,14-16,21H,6,11H2,1-5H3. The highest BCUT2D eigenvalue weighted by atomic mass is 16.5. The number of nitrogens with one attached hydrogen (secondary N) is 1. The number of hydrogen-bond acceptors (Lipinski definition) is 6. The van der Waals surface area contributed by atoms with Gasteiger partial charge in [0.2, 0.25) is 11.8 Å². The average molecular weight is 373 g/mol. The van der Waals surface area contributed by atoms with Crippen molar-refractivity contribution in [3.63, 3.8) is 0 Å². The van der Waals surface area contributed by atoms with Crippen molar-refractivity contribution in [3.8, 4) is 0 Å². The molecule has 2 amide bonds. The van der Waals surface area contributed by atoms with Crippen LogP contribution in [0.5, 0.6) is 0 Å². The maximum atomic E-state index is 12.9. The highest BCUT2D eigenvalue weighted by molar-refractivity contribution is 6.09. The molecular weight excluding hydrogens is 346 g/mol. The molecule has 1 N–H and O–H groups in total. The fraction of sp³-hybridized carbons (Fsp3) is 0.550. The van der Waals surface area contributed by atoms with Crippen LogP contribution in [-0.2, 0) is 19.1 Å². The second-order valence-electron chi connectivity index (χ2n) is 7.56. The van der Waals surface area contributed by atoms with E-state index in [0.717, 1.165) is 16.2 Å². The van der Waals surface area contributed by atoms with Crippen LogP contribution in [0.15, 0.2) is 24.3 Å². The van der Waals surface area contributed by atoms with Gasteiger partial charge in [-0.2, -0.15) is 0 Å². The Balaban J connectivity index is 2.09. The van der Waals surface area contributed by atoms with Crippen molar-refractivity contribution in [3.05, 3.63) is 29.8 Å².